The average Bonchev–Trinajstić information content (AvgIpc) is 2.73. The molecule has 6 nitrogen and oxygen atoms in total. The van der Waals surface area contributed by atoms with E-state index in [1.807, 2.05) is 13.8 Å². The van der Waals surface area contributed by atoms with Crippen molar-refractivity contribution < 1.29 is 9.59 Å². The Morgan fingerprint density at radius 3 is 2.53 bits per heavy atom. The van der Waals surface area contributed by atoms with Crippen LogP contribution < -0.4 is 10.6 Å². The Labute approximate surface area is 117 Å². The molecule has 2 amide bonds. The van der Waals surface area contributed by atoms with Gasteiger partial charge in [-0.1, -0.05) is 32.1 Å². The molecule has 1 rings (SSSR count). The lowest BCUT2D eigenvalue weighted by atomic mass is 10.0. The van der Waals surface area contributed by atoms with E-state index in [-0.39, 0.29) is 17.7 Å². The van der Waals surface area contributed by atoms with Crippen molar-refractivity contribution in [3.8, 4) is 0 Å². The Morgan fingerprint density at radius 1 is 1.32 bits per heavy atom. The van der Waals surface area contributed by atoms with E-state index in [9.17, 15) is 9.59 Å². The van der Waals surface area contributed by atoms with Crippen molar-refractivity contribution in [3.63, 3.8) is 0 Å². The monoisotopic (exact) mass is 284 g/mol. The first kappa shape index (κ1) is 15.6. The van der Waals surface area contributed by atoms with Crippen LogP contribution in [0.4, 0.5) is 5.13 Å². The Morgan fingerprint density at radius 2 is 2.00 bits per heavy atom. The van der Waals surface area contributed by atoms with E-state index in [0.29, 0.717) is 5.13 Å². The molecule has 1 unspecified atom stereocenters. The summed E-state index contributed by atoms with van der Waals surface area (Å²) < 4.78 is 0. The second-order valence-electron chi connectivity index (χ2n) is 4.66. The minimum atomic E-state index is -0.559. The molecule has 1 aromatic rings. The van der Waals surface area contributed by atoms with E-state index in [1.54, 1.807) is 0 Å². The zero-order valence-corrected chi connectivity index (χ0v) is 12.5. The quantitative estimate of drug-likeness (QED) is 0.831. The minimum Gasteiger partial charge on any atom is -0.344 e. The van der Waals surface area contributed by atoms with Gasteiger partial charge in [-0.3, -0.25) is 14.9 Å². The van der Waals surface area contributed by atoms with E-state index in [2.05, 4.69) is 27.8 Å². The maximum absolute atomic E-state index is 12.1. The molecule has 0 radical (unpaired) electrons. The van der Waals surface area contributed by atoms with Crippen molar-refractivity contribution in [2.75, 3.05) is 5.32 Å². The number of rotatable bonds is 6. The van der Waals surface area contributed by atoms with Gasteiger partial charge in [0, 0.05) is 13.3 Å². The molecular weight excluding hydrogens is 264 g/mol. The van der Waals surface area contributed by atoms with Crippen LogP contribution in [0, 0.1) is 5.92 Å². The van der Waals surface area contributed by atoms with Crippen molar-refractivity contribution >= 4 is 28.3 Å². The van der Waals surface area contributed by atoms with Gasteiger partial charge in [-0.25, -0.2) is 0 Å². The van der Waals surface area contributed by atoms with Crippen LogP contribution in [-0.2, 0) is 16.0 Å². The van der Waals surface area contributed by atoms with Gasteiger partial charge in [-0.05, 0) is 12.3 Å². The first-order valence-electron chi connectivity index (χ1n) is 6.34. The van der Waals surface area contributed by atoms with Gasteiger partial charge in [-0.2, -0.15) is 0 Å². The second kappa shape index (κ2) is 7.18. The molecule has 0 fully saturated rings. The molecule has 0 saturated carbocycles. The summed E-state index contributed by atoms with van der Waals surface area (Å²) in [5, 5.41) is 14.6. The number of hydrogen-bond donors (Lipinski definition) is 2. The molecule has 0 spiro atoms. The van der Waals surface area contributed by atoms with Crippen LogP contribution in [0.3, 0.4) is 0 Å². The molecule has 1 heterocycles. The lowest BCUT2D eigenvalue weighted by Crippen LogP contribution is -2.46. The van der Waals surface area contributed by atoms with Crippen LogP contribution >= 0.6 is 11.3 Å². The number of aryl methyl sites for hydroxylation is 1. The molecule has 1 aromatic heterocycles. The van der Waals surface area contributed by atoms with Gasteiger partial charge >= 0.3 is 0 Å². The number of aromatic nitrogens is 2. The van der Waals surface area contributed by atoms with E-state index in [1.165, 1.54) is 18.3 Å². The Balaban J connectivity index is 2.67. The fourth-order valence-electron chi connectivity index (χ4n) is 1.56. The largest absolute Gasteiger partial charge is 0.344 e. The highest BCUT2D eigenvalue weighted by Crippen LogP contribution is 2.17. The maximum Gasteiger partial charge on any atom is 0.249 e. The molecule has 0 aliphatic carbocycles. The van der Waals surface area contributed by atoms with Crippen LogP contribution in [0.15, 0.2) is 0 Å². The Bertz CT molecular complexity index is 445. The smallest absolute Gasteiger partial charge is 0.249 e. The summed E-state index contributed by atoms with van der Waals surface area (Å²) in [4.78, 5) is 23.2. The third kappa shape index (κ3) is 4.94. The fraction of sp³-hybridized carbons (Fsp3) is 0.667. The Hall–Kier alpha value is -1.50. The van der Waals surface area contributed by atoms with E-state index >= 15 is 0 Å². The molecule has 106 valence electrons. The molecular formula is C12H20N4O2S. The molecule has 0 aliphatic rings. The number of nitrogens with one attached hydrogen (secondary N) is 2. The summed E-state index contributed by atoms with van der Waals surface area (Å²) in [6.07, 6.45) is 1.84. The van der Waals surface area contributed by atoms with E-state index in [0.717, 1.165) is 17.8 Å². The Kier molecular flexibility index (Phi) is 5.88. The summed E-state index contributed by atoms with van der Waals surface area (Å²) in [6, 6.07) is -0.559. The van der Waals surface area contributed by atoms with Crippen molar-refractivity contribution in [1.29, 1.82) is 0 Å². The lowest BCUT2D eigenvalue weighted by Gasteiger charge is -2.19. The SMILES string of the molecule is CCCc1nnc(NC(=O)C(NC(C)=O)C(C)C)s1. The predicted octanol–water partition coefficient (Wildman–Crippen LogP) is 1.59. The summed E-state index contributed by atoms with van der Waals surface area (Å²) in [7, 11) is 0. The highest BCUT2D eigenvalue weighted by molar-refractivity contribution is 7.15. The van der Waals surface area contributed by atoms with Crippen molar-refractivity contribution in [2.24, 2.45) is 5.92 Å². The second-order valence-corrected chi connectivity index (χ2v) is 5.72. The number of nitrogens with zero attached hydrogens (tertiary/aromatic N) is 2. The maximum atomic E-state index is 12.1. The van der Waals surface area contributed by atoms with E-state index in [4.69, 9.17) is 0 Å². The molecule has 1 atom stereocenters. The zero-order chi connectivity index (χ0) is 14.4. The predicted molar refractivity (Wildman–Crippen MR) is 75.0 cm³/mol. The minimum absolute atomic E-state index is 0.00642. The first-order valence-corrected chi connectivity index (χ1v) is 7.16. The average molecular weight is 284 g/mol. The van der Waals surface area contributed by atoms with Gasteiger partial charge in [0.1, 0.15) is 11.0 Å². The zero-order valence-electron chi connectivity index (χ0n) is 11.7. The topological polar surface area (TPSA) is 84.0 Å². The summed E-state index contributed by atoms with van der Waals surface area (Å²) in [5.74, 6) is -0.478. The van der Waals surface area contributed by atoms with Crippen molar-refractivity contribution in [2.45, 2.75) is 46.6 Å². The third-order valence-electron chi connectivity index (χ3n) is 2.47. The molecule has 0 aliphatic heterocycles. The fourth-order valence-corrected chi connectivity index (χ4v) is 2.40. The van der Waals surface area contributed by atoms with Crippen LogP contribution in [0.5, 0.6) is 0 Å². The van der Waals surface area contributed by atoms with Crippen molar-refractivity contribution in [1.82, 2.24) is 15.5 Å². The summed E-state index contributed by atoms with van der Waals surface area (Å²) >= 11 is 1.37. The van der Waals surface area contributed by atoms with Gasteiger partial charge in [-0.15, -0.1) is 10.2 Å². The third-order valence-corrected chi connectivity index (χ3v) is 3.37. The highest BCUT2D eigenvalue weighted by Gasteiger charge is 2.23. The summed E-state index contributed by atoms with van der Waals surface area (Å²) in [6.45, 7) is 7.21. The molecule has 19 heavy (non-hydrogen) atoms. The highest BCUT2D eigenvalue weighted by atomic mass is 32.1. The van der Waals surface area contributed by atoms with Gasteiger partial charge in [0.2, 0.25) is 16.9 Å². The molecule has 0 aromatic carbocycles. The van der Waals surface area contributed by atoms with Crippen LogP contribution in [-0.4, -0.2) is 28.1 Å². The molecule has 0 saturated heterocycles. The van der Waals surface area contributed by atoms with Crippen molar-refractivity contribution in [3.05, 3.63) is 5.01 Å². The first-order chi connectivity index (χ1) is 8.93. The van der Waals surface area contributed by atoms with Gasteiger partial charge in [0.05, 0.1) is 0 Å². The number of carbonyl (C=O) groups excluding carboxylic acids is 2. The molecule has 2 N–H and O–H groups in total. The number of carbonyl (C=O) groups is 2. The summed E-state index contributed by atoms with van der Waals surface area (Å²) in [5.41, 5.74) is 0. The van der Waals surface area contributed by atoms with Crippen LogP contribution in [0.25, 0.3) is 0 Å². The van der Waals surface area contributed by atoms with Crippen LogP contribution in [0.1, 0.15) is 39.1 Å². The van der Waals surface area contributed by atoms with Gasteiger partial charge in [0.25, 0.3) is 0 Å². The van der Waals surface area contributed by atoms with Gasteiger partial charge in [0.15, 0.2) is 0 Å². The van der Waals surface area contributed by atoms with Crippen LogP contribution in [0.2, 0.25) is 0 Å². The standard InChI is InChI=1S/C12H20N4O2S/c1-5-6-9-15-16-12(19-9)14-11(18)10(7(2)3)13-8(4)17/h7,10H,5-6H2,1-4H3,(H,13,17)(H,14,16,18). The molecule has 7 heteroatoms. The van der Waals surface area contributed by atoms with Gasteiger partial charge < -0.3 is 5.32 Å². The number of amides is 2. The number of anilines is 1. The normalized spacial score (nSPS) is 12.3. The molecule has 0 bridgehead atoms. The number of hydrogen-bond acceptors (Lipinski definition) is 5. The van der Waals surface area contributed by atoms with E-state index < -0.39 is 6.04 Å². The lowest BCUT2D eigenvalue weighted by molar-refractivity contribution is -0.126.